The third-order valence-corrected chi connectivity index (χ3v) is 6.47. The molecule has 0 saturated carbocycles. The molecule has 0 saturated heterocycles. The number of phenolic OH excluding ortho intramolecular Hbond substituents is 2. The molecule has 2 aromatic rings. The largest absolute Gasteiger partial charge is 0.508 e. The summed E-state index contributed by atoms with van der Waals surface area (Å²) in [5, 5.41) is 20.7. The van der Waals surface area contributed by atoms with Gasteiger partial charge in [-0.25, -0.2) is 0 Å². The van der Waals surface area contributed by atoms with E-state index in [1.54, 1.807) is 12.1 Å². The number of para-hydroxylation sites is 2. The molecule has 0 aliphatic carbocycles. The smallest absolute Gasteiger partial charge is 0.119 e. The average Bonchev–Trinajstić information content (AvgIpc) is 2.78. The van der Waals surface area contributed by atoms with Gasteiger partial charge in [0.2, 0.25) is 0 Å². The van der Waals surface area contributed by atoms with Crippen molar-refractivity contribution in [2.75, 3.05) is 0 Å². The first-order chi connectivity index (χ1) is 15.2. The maximum Gasteiger partial charge on any atom is 0.119 e. The van der Waals surface area contributed by atoms with Crippen LogP contribution in [0, 0.1) is 0 Å². The van der Waals surface area contributed by atoms with Gasteiger partial charge in [-0.3, -0.25) is 0 Å². The van der Waals surface area contributed by atoms with E-state index in [1.165, 1.54) is 83.5 Å². The van der Waals surface area contributed by atoms with Crippen molar-refractivity contribution in [3.05, 3.63) is 59.7 Å². The first kappa shape index (κ1) is 25.3. The predicted molar refractivity (Wildman–Crippen MR) is 133 cm³/mol. The van der Waals surface area contributed by atoms with Gasteiger partial charge in [0.1, 0.15) is 11.5 Å². The van der Waals surface area contributed by atoms with E-state index in [4.69, 9.17) is 0 Å². The molecular weight excluding hydrogens is 380 g/mol. The lowest BCUT2D eigenvalue weighted by molar-refractivity contribution is 0.447. The Morgan fingerprint density at radius 2 is 0.871 bits per heavy atom. The molecule has 0 aliphatic heterocycles. The van der Waals surface area contributed by atoms with Crippen molar-refractivity contribution in [2.45, 2.75) is 109 Å². The minimum Gasteiger partial charge on any atom is -0.508 e. The molecule has 0 unspecified atom stereocenters. The van der Waals surface area contributed by atoms with Crippen LogP contribution in [0.4, 0.5) is 0 Å². The van der Waals surface area contributed by atoms with E-state index < -0.39 is 0 Å². The second-order valence-electron chi connectivity index (χ2n) is 9.06. The molecule has 172 valence electrons. The third kappa shape index (κ3) is 9.80. The van der Waals surface area contributed by atoms with Crippen molar-refractivity contribution in [1.29, 1.82) is 0 Å². The van der Waals surface area contributed by atoms with Crippen molar-refractivity contribution in [3.8, 4) is 11.5 Å². The topological polar surface area (TPSA) is 40.5 Å². The van der Waals surface area contributed by atoms with E-state index in [0.717, 1.165) is 24.0 Å². The summed E-state index contributed by atoms with van der Waals surface area (Å²) in [6.45, 7) is 2.28. The predicted octanol–water partition coefficient (Wildman–Crippen LogP) is 9.10. The lowest BCUT2D eigenvalue weighted by Crippen LogP contribution is -2.02. The summed E-state index contributed by atoms with van der Waals surface area (Å²) in [7, 11) is 0. The monoisotopic (exact) mass is 424 g/mol. The lowest BCUT2D eigenvalue weighted by atomic mass is 9.85. The number of benzene rings is 2. The van der Waals surface area contributed by atoms with Crippen LogP contribution in [-0.4, -0.2) is 10.2 Å². The molecule has 2 rings (SSSR count). The third-order valence-electron chi connectivity index (χ3n) is 6.47. The molecule has 0 aromatic heterocycles. The molecule has 2 aromatic carbocycles. The minimum absolute atomic E-state index is 0.0414. The Morgan fingerprint density at radius 3 is 1.26 bits per heavy atom. The van der Waals surface area contributed by atoms with Gasteiger partial charge in [-0.2, -0.15) is 0 Å². The second-order valence-corrected chi connectivity index (χ2v) is 9.06. The molecule has 0 amide bonds. The maximum absolute atomic E-state index is 10.4. The van der Waals surface area contributed by atoms with Gasteiger partial charge in [0.15, 0.2) is 0 Å². The van der Waals surface area contributed by atoms with Crippen LogP contribution < -0.4 is 0 Å². The van der Waals surface area contributed by atoms with Crippen LogP contribution in [0.1, 0.15) is 120 Å². The van der Waals surface area contributed by atoms with Gasteiger partial charge >= 0.3 is 0 Å². The van der Waals surface area contributed by atoms with Gasteiger partial charge in [0.05, 0.1) is 0 Å². The first-order valence-corrected chi connectivity index (χ1v) is 12.8. The normalized spacial score (nSPS) is 11.3. The van der Waals surface area contributed by atoms with Crippen LogP contribution in [0.3, 0.4) is 0 Å². The fourth-order valence-electron chi connectivity index (χ4n) is 4.59. The van der Waals surface area contributed by atoms with Crippen molar-refractivity contribution in [1.82, 2.24) is 0 Å². The summed E-state index contributed by atoms with van der Waals surface area (Å²) >= 11 is 0. The highest BCUT2D eigenvalue weighted by Gasteiger charge is 2.19. The zero-order chi connectivity index (χ0) is 22.2. The van der Waals surface area contributed by atoms with Crippen LogP contribution in [0.25, 0.3) is 0 Å². The minimum atomic E-state index is 0.0414. The number of hydrogen-bond acceptors (Lipinski definition) is 2. The Morgan fingerprint density at radius 1 is 0.516 bits per heavy atom. The summed E-state index contributed by atoms with van der Waals surface area (Å²) in [4.78, 5) is 0. The highest BCUT2D eigenvalue weighted by Crippen LogP contribution is 2.38. The van der Waals surface area contributed by atoms with Gasteiger partial charge in [-0.15, -0.1) is 0 Å². The highest BCUT2D eigenvalue weighted by atomic mass is 16.3. The quantitative estimate of drug-likeness (QED) is 0.249. The van der Waals surface area contributed by atoms with Crippen molar-refractivity contribution in [3.63, 3.8) is 0 Å². The summed E-state index contributed by atoms with van der Waals surface area (Å²) in [6.07, 6.45) is 19.9. The van der Waals surface area contributed by atoms with E-state index in [9.17, 15) is 10.2 Å². The highest BCUT2D eigenvalue weighted by molar-refractivity contribution is 5.45. The zero-order valence-electron chi connectivity index (χ0n) is 19.7. The fraction of sp³-hybridized carbons (Fsp3) is 0.586. The van der Waals surface area contributed by atoms with Crippen molar-refractivity contribution >= 4 is 0 Å². The van der Waals surface area contributed by atoms with Crippen LogP contribution in [-0.2, 0) is 0 Å². The molecule has 2 N–H and O–H groups in total. The Bertz CT molecular complexity index is 664. The van der Waals surface area contributed by atoms with E-state index >= 15 is 0 Å². The molecule has 0 heterocycles. The van der Waals surface area contributed by atoms with Gasteiger partial charge in [0, 0.05) is 17.0 Å². The molecule has 0 radical (unpaired) electrons. The molecule has 0 fully saturated rings. The molecular formula is C29H44O2. The Kier molecular flexibility index (Phi) is 12.9. The van der Waals surface area contributed by atoms with Gasteiger partial charge in [0.25, 0.3) is 0 Å². The molecule has 0 bridgehead atoms. The van der Waals surface area contributed by atoms with Crippen molar-refractivity contribution in [2.24, 2.45) is 0 Å². The number of aromatic hydroxyl groups is 2. The Balaban J connectivity index is 1.63. The molecule has 0 aliphatic rings. The molecule has 2 heteroatoms. The van der Waals surface area contributed by atoms with Gasteiger partial charge in [-0.1, -0.05) is 133 Å². The maximum atomic E-state index is 10.4. The number of phenols is 2. The average molecular weight is 425 g/mol. The van der Waals surface area contributed by atoms with E-state index in [-0.39, 0.29) is 5.92 Å². The summed E-state index contributed by atoms with van der Waals surface area (Å²) in [5.74, 6) is 0.682. The van der Waals surface area contributed by atoms with Gasteiger partial charge in [-0.05, 0) is 18.6 Å². The van der Waals surface area contributed by atoms with Crippen LogP contribution in [0.5, 0.6) is 11.5 Å². The second kappa shape index (κ2) is 15.8. The molecule has 0 spiro atoms. The molecule has 2 nitrogen and oxygen atoms in total. The summed E-state index contributed by atoms with van der Waals surface area (Å²) in [5.41, 5.74) is 1.83. The number of rotatable bonds is 17. The van der Waals surface area contributed by atoms with Crippen LogP contribution >= 0.6 is 0 Å². The SMILES string of the molecule is CCCCCCCCCCCCCCCCC(c1ccccc1O)c1ccccc1O. The van der Waals surface area contributed by atoms with E-state index in [2.05, 4.69) is 6.92 Å². The van der Waals surface area contributed by atoms with Crippen LogP contribution in [0.2, 0.25) is 0 Å². The number of unbranched alkanes of at least 4 members (excludes halogenated alkanes) is 13. The molecule has 0 atom stereocenters. The number of hydrogen-bond donors (Lipinski definition) is 2. The summed E-state index contributed by atoms with van der Waals surface area (Å²) < 4.78 is 0. The summed E-state index contributed by atoms with van der Waals surface area (Å²) in [6, 6.07) is 15.1. The standard InChI is InChI=1S/C29H44O2/c1-2-3-4-5-6-7-8-9-10-11-12-13-14-15-20-25(26-21-16-18-23-28(26)30)27-22-17-19-24-29(27)31/h16-19,21-25,30-31H,2-15,20H2,1H3. The fourth-order valence-corrected chi connectivity index (χ4v) is 4.59. The Hall–Kier alpha value is -1.96. The van der Waals surface area contributed by atoms with Gasteiger partial charge < -0.3 is 10.2 Å². The van der Waals surface area contributed by atoms with E-state index in [0.29, 0.717) is 11.5 Å². The molecule has 31 heavy (non-hydrogen) atoms. The van der Waals surface area contributed by atoms with Crippen molar-refractivity contribution < 1.29 is 10.2 Å². The zero-order valence-corrected chi connectivity index (χ0v) is 19.7. The van der Waals surface area contributed by atoms with Crippen LogP contribution in [0.15, 0.2) is 48.5 Å². The Labute approximate surface area is 190 Å². The first-order valence-electron chi connectivity index (χ1n) is 12.8. The lowest BCUT2D eigenvalue weighted by Gasteiger charge is -2.20. The van der Waals surface area contributed by atoms with E-state index in [1.807, 2.05) is 36.4 Å².